The molecule has 1 atom stereocenters. The molecule has 3 aromatic rings. The number of amides is 1. The summed E-state index contributed by atoms with van der Waals surface area (Å²) in [6.07, 6.45) is 2.18. The van der Waals surface area contributed by atoms with Gasteiger partial charge in [-0.05, 0) is 42.5 Å². The molecule has 0 bridgehead atoms. The van der Waals surface area contributed by atoms with Crippen molar-refractivity contribution in [1.29, 1.82) is 0 Å². The number of fused-ring (bicyclic) bond motifs is 1. The lowest BCUT2D eigenvalue weighted by Crippen LogP contribution is -2.39. The van der Waals surface area contributed by atoms with E-state index in [4.69, 9.17) is 0 Å². The lowest BCUT2D eigenvalue weighted by atomic mass is 9.94. The van der Waals surface area contributed by atoms with Crippen LogP contribution in [0.15, 0.2) is 60.7 Å². The number of rotatable bonds is 2. The van der Waals surface area contributed by atoms with Crippen molar-refractivity contribution in [2.75, 3.05) is 13.1 Å². The minimum Gasteiger partial charge on any atom is -0.358 e. The first-order valence-electron chi connectivity index (χ1n) is 8.23. The van der Waals surface area contributed by atoms with E-state index in [1.54, 1.807) is 0 Å². The van der Waals surface area contributed by atoms with E-state index in [1.807, 2.05) is 35.2 Å². The summed E-state index contributed by atoms with van der Waals surface area (Å²) in [4.78, 5) is 18.2. The minimum absolute atomic E-state index is 0.145. The van der Waals surface area contributed by atoms with Gasteiger partial charge in [0.2, 0.25) is 0 Å². The van der Waals surface area contributed by atoms with Gasteiger partial charge in [0.25, 0.3) is 5.91 Å². The molecular weight excluding hydrogens is 284 g/mol. The highest BCUT2D eigenvalue weighted by Gasteiger charge is 2.26. The Morgan fingerprint density at radius 1 is 1.04 bits per heavy atom. The van der Waals surface area contributed by atoms with Crippen LogP contribution in [0.3, 0.4) is 0 Å². The maximum Gasteiger partial charge on any atom is 0.253 e. The first kappa shape index (κ1) is 14.1. The number of benzene rings is 2. The summed E-state index contributed by atoms with van der Waals surface area (Å²) in [5.74, 6) is 0.537. The van der Waals surface area contributed by atoms with Crippen LogP contribution in [0.5, 0.6) is 0 Å². The lowest BCUT2D eigenvalue weighted by molar-refractivity contribution is 0.0706. The molecule has 1 saturated heterocycles. The third-order valence-electron chi connectivity index (χ3n) is 4.72. The number of likely N-dealkylation sites (tertiary alicyclic amines) is 1. The molecule has 0 spiro atoms. The number of H-pyrrole nitrogens is 1. The topological polar surface area (TPSA) is 36.1 Å². The van der Waals surface area contributed by atoms with Crippen LogP contribution in [-0.2, 0) is 0 Å². The highest BCUT2D eigenvalue weighted by molar-refractivity contribution is 5.94. The molecule has 1 amide bonds. The molecule has 3 heteroatoms. The zero-order chi connectivity index (χ0) is 15.6. The van der Waals surface area contributed by atoms with Gasteiger partial charge in [0.1, 0.15) is 0 Å². The van der Waals surface area contributed by atoms with E-state index in [-0.39, 0.29) is 5.91 Å². The third kappa shape index (κ3) is 2.74. The zero-order valence-corrected chi connectivity index (χ0v) is 13.0. The molecule has 1 aliphatic heterocycles. The van der Waals surface area contributed by atoms with Gasteiger partial charge in [-0.15, -0.1) is 0 Å². The normalized spacial score (nSPS) is 18.3. The quantitative estimate of drug-likeness (QED) is 0.757. The number of carbonyl (C=O) groups excluding carboxylic acids is 1. The maximum absolute atomic E-state index is 12.7. The molecule has 1 fully saturated rings. The van der Waals surface area contributed by atoms with Gasteiger partial charge >= 0.3 is 0 Å². The van der Waals surface area contributed by atoms with Gasteiger partial charge in [0, 0.05) is 35.8 Å². The van der Waals surface area contributed by atoms with Crippen LogP contribution in [0.2, 0.25) is 0 Å². The molecule has 0 radical (unpaired) electrons. The first-order chi connectivity index (χ1) is 11.3. The van der Waals surface area contributed by atoms with E-state index < -0.39 is 0 Å². The van der Waals surface area contributed by atoms with Gasteiger partial charge in [-0.3, -0.25) is 4.79 Å². The second kappa shape index (κ2) is 5.92. The van der Waals surface area contributed by atoms with Crippen LogP contribution in [0, 0.1) is 0 Å². The van der Waals surface area contributed by atoms with Crippen LogP contribution in [0.4, 0.5) is 0 Å². The molecule has 1 unspecified atom stereocenters. The maximum atomic E-state index is 12.7. The van der Waals surface area contributed by atoms with E-state index in [9.17, 15) is 4.79 Å². The Kier molecular flexibility index (Phi) is 3.62. The Bertz CT molecular complexity index is 789. The summed E-state index contributed by atoms with van der Waals surface area (Å²) in [5.41, 5.74) is 3.20. The zero-order valence-electron chi connectivity index (χ0n) is 13.0. The van der Waals surface area contributed by atoms with Crippen molar-refractivity contribution in [3.8, 4) is 0 Å². The van der Waals surface area contributed by atoms with Crippen molar-refractivity contribution < 1.29 is 4.79 Å². The third-order valence-corrected chi connectivity index (χ3v) is 4.72. The Labute approximate surface area is 135 Å². The Morgan fingerprint density at radius 3 is 2.65 bits per heavy atom. The van der Waals surface area contributed by atoms with E-state index in [2.05, 4.69) is 35.3 Å². The molecule has 1 aliphatic rings. The van der Waals surface area contributed by atoms with Crippen LogP contribution in [-0.4, -0.2) is 28.9 Å². The predicted octanol–water partition coefficient (Wildman–Crippen LogP) is 4.19. The van der Waals surface area contributed by atoms with Gasteiger partial charge < -0.3 is 9.88 Å². The molecule has 2 heterocycles. The Hall–Kier alpha value is -2.55. The SMILES string of the molecule is O=C(c1ccccc1)N1CCCC(c2cc3ccccc3[nH]2)C1. The number of aromatic amines is 1. The number of hydrogen-bond donors (Lipinski definition) is 1. The standard InChI is InChI=1S/C20H20N2O/c23-20(15-7-2-1-3-8-15)22-12-6-10-17(14-22)19-13-16-9-4-5-11-18(16)21-19/h1-5,7-9,11,13,17,21H,6,10,12,14H2. The van der Waals surface area contributed by atoms with E-state index in [1.165, 1.54) is 16.6 Å². The molecule has 3 nitrogen and oxygen atoms in total. The monoisotopic (exact) mass is 304 g/mol. The van der Waals surface area contributed by atoms with E-state index in [0.29, 0.717) is 5.92 Å². The highest BCUT2D eigenvalue weighted by Crippen LogP contribution is 2.29. The minimum atomic E-state index is 0.145. The van der Waals surface area contributed by atoms with Crippen LogP contribution < -0.4 is 0 Å². The molecular formula is C20H20N2O. The van der Waals surface area contributed by atoms with Gasteiger partial charge in [-0.2, -0.15) is 0 Å². The fraction of sp³-hybridized carbons (Fsp3) is 0.250. The lowest BCUT2D eigenvalue weighted by Gasteiger charge is -2.32. The number of carbonyl (C=O) groups is 1. The first-order valence-corrected chi connectivity index (χ1v) is 8.23. The molecule has 0 aliphatic carbocycles. The van der Waals surface area contributed by atoms with Gasteiger partial charge in [0.05, 0.1) is 0 Å². The molecule has 116 valence electrons. The number of nitrogens with one attached hydrogen (secondary N) is 1. The van der Waals surface area contributed by atoms with Crippen molar-refractivity contribution >= 4 is 16.8 Å². The summed E-state index contributed by atoms with van der Waals surface area (Å²) in [6, 6.07) is 20.2. The second-order valence-electron chi connectivity index (χ2n) is 6.27. The van der Waals surface area contributed by atoms with Crippen LogP contribution >= 0.6 is 0 Å². The van der Waals surface area contributed by atoms with Crippen LogP contribution in [0.25, 0.3) is 10.9 Å². The fourth-order valence-corrected chi connectivity index (χ4v) is 3.49. The molecule has 2 aromatic carbocycles. The van der Waals surface area contributed by atoms with Crippen LogP contribution in [0.1, 0.15) is 34.8 Å². The number of para-hydroxylation sites is 1. The van der Waals surface area contributed by atoms with E-state index in [0.717, 1.165) is 31.5 Å². The van der Waals surface area contributed by atoms with Crippen molar-refractivity contribution in [3.63, 3.8) is 0 Å². The molecule has 1 aromatic heterocycles. The van der Waals surface area contributed by atoms with E-state index >= 15 is 0 Å². The van der Waals surface area contributed by atoms with Crippen molar-refractivity contribution in [2.24, 2.45) is 0 Å². The summed E-state index contributed by atoms with van der Waals surface area (Å²) in [6.45, 7) is 1.64. The van der Waals surface area contributed by atoms with Crippen molar-refractivity contribution in [1.82, 2.24) is 9.88 Å². The molecule has 0 saturated carbocycles. The number of piperidine rings is 1. The summed E-state index contributed by atoms with van der Waals surface area (Å²) in [7, 11) is 0. The molecule has 4 rings (SSSR count). The Morgan fingerprint density at radius 2 is 1.83 bits per heavy atom. The predicted molar refractivity (Wildman–Crippen MR) is 92.6 cm³/mol. The average molecular weight is 304 g/mol. The van der Waals surface area contributed by atoms with Gasteiger partial charge in [-0.25, -0.2) is 0 Å². The molecule has 23 heavy (non-hydrogen) atoms. The fourth-order valence-electron chi connectivity index (χ4n) is 3.49. The average Bonchev–Trinajstić information content (AvgIpc) is 3.06. The van der Waals surface area contributed by atoms with Gasteiger partial charge in [0.15, 0.2) is 0 Å². The van der Waals surface area contributed by atoms with Crippen molar-refractivity contribution in [2.45, 2.75) is 18.8 Å². The largest absolute Gasteiger partial charge is 0.358 e. The number of nitrogens with zero attached hydrogens (tertiary/aromatic N) is 1. The Balaban J connectivity index is 1.56. The van der Waals surface area contributed by atoms with Crippen molar-refractivity contribution in [3.05, 3.63) is 71.9 Å². The second-order valence-corrected chi connectivity index (χ2v) is 6.27. The number of aromatic nitrogens is 1. The highest BCUT2D eigenvalue weighted by atomic mass is 16.2. The number of hydrogen-bond acceptors (Lipinski definition) is 1. The molecule has 1 N–H and O–H groups in total. The summed E-state index contributed by atoms with van der Waals surface area (Å²) < 4.78 is 0. The smallest absolute Gasteiger partial charge is 0.253 e. The van der Waals surface area contributed by atoms with Gasteiger partial charge in [-0.1, -0.05) is 36.4 Å². The summed E-state index contributed by atoms with van der Waals surface area (Å²) >= 11 is 0. The summed E-state index contributed by atoms with van der Waals surface area (Å²) in [5, 5.41) is 1.24.